The summed E-state index contributed by atoms with van der Waals surface area (Å²) in [6, 6.07) is 9.57. The molecule has 11 heteroatoms. The molecule has 0 radical (unpaired) electrons. The van der Waals surface area contributed by atoms with Crippen molar-refractivity contribution in [1.82, 2.24) is 15.5 Å². The third-order valence-corrected chi connectivity index (χ3v) is 10.6. The van der Waals surface area contributed by atoms with Crippen molar-refractivity contribution in [2.45, 2.75) is 57.5 Å². The second kappa shape index (κ2) is 11.9. The number of nitrogens with one attached hydrogen (secondary N) is 1. The van der Waals surface area contributed by atoms with Crippen molar-refractivity contribution in [3.63, 3.8) is 0 Å². The number of methoxy groups -OCH3 is 1. The molecule has 0 bridgehead atoms. The zero-order valence-corrected chi connectivity index (χ0v) is 26.5. The molecule has 3 aliphatic rings. The number of halogens is 2. The molecular formula is C32H34Cl2N4O4S. The van der Waals surface area contributed by atoms with E-state index in [9.17, 15) is 4.79 Å². The molecule has 226 valence electrons. The molecule has 8 nitrogen and oxygen atoms in total. The first-order valence-electron chi connectivity index (χ1n) is 15.0. The van der Waals surface area contributed by atoms with Crippen LogP contribution >= 0.6 is 34.5 Å². The summed E-state index contributed by atoms with van der Waals surface area (Å²) < 4.78 is 17.8. The van der Waals surface area contributed by atoms with Gasteiger partial charge in [-0.1, -0.05) is 52.7 Å². The number of hydrogen-bond acceptors (Lipinski definition) is 9. The molecular weight excluding hydrogens is 607 g/mol. The number of fused-ring (bicyclic) bond motifs is 2. The van der Waals surface area contributed by atoms with Crippen LogP contribution in [0.3, 0.4) is 0 Å². The molecule has 0 unspecified atom stereocenters. The number of nitrogens with zero attached hydrogens (tertiary/aromatic N) is 3. The SMILES string of the molecule is CCCOc1cc(C(=O)OC)cc2sc(N3C[C@H]4C[C@@H](NCc5c(-c6c(Cl)cccc6Cl)noc5C5CC5)C[C@H]4C3)nc12. The van der Waals surface area contributed by atoms with Gasteiger partial charge in [-0.25, -0.2) is 9.78 Å². The quantitative estimate of drug-likeness (QED) is 0.176. The van der Waals surface area contributed by atoms with E-state index in [1.807, 2.05) is 24.3 Å². The van der Waals surface area contributed by atoms with Gasteiger partial charge in [0.05, 0.1) is 34.0 Å². The molecule has 0 amide bonds. The van der Waals surface area contributed by atoms with Gasteiger partial charge in [0.2, 0.25) is 0 Å². The Morgan fingerprint density at radius 3 is 2.58 bits per heavy atom. The van der Waals surface area contributed by atoms with Crippen LogP contribution in [0.25, 0.3) is 21.5 Å². The van der Waals surface area contributed by atoms with Crippen LogP contribution in [-0.2, 0) is 11.3 Å². The Balaban J connectivity index is 1.04. The second-order valence-electron chi connectivity index (χ2n) is 11.9. The zero-order chi connectivity index (χ0) is 29.7. The van der Waals surface area contributed by atoms with E-state index >= 15 is 0 Å². The molecule has 0 spiro atoms. The summed E-state index contributed by atoms with van der Waals surface area (Å²) in [4.78, 5) is 19.7. The number of carbonyl (C=O) groups excluding carboxylic acids is 1. The van der Waals surface area contributed by atoms with Gasteiger partial charge in [0.1, 0.15) is 22.7 Å². The van der Waals surface area contributed by atoms with Crippen LogP contribution in [0.5, 0.6) is 5.75 Å². The molecule has 1 saturated heterocycles. The fourth-order valence-electron chi connectivity index (χ4n) is 6.63. The first-order chi connectivity index (χ1) is 20.9. The lowest BCUT2D eigenvalue weighted by Gasteiger charge is -2.19. The molecule has 1 N–H and O–H groups in total. The van der Waals surface area contributed by atoms with E-state index in [4.69, 9.17) is 42.2 Å². The van der Waals surface area contributed by atoms with Gasteiger partial charge in [0, 0.05) is 42.7 Å². The van der Waals surface area contributed by atoms with Crippen LogP contribution in [0.4, 0.5) is 5.13 Å². The highest BCUT2D eigenvalue weighted by atomic mass is 35.5. The maximum Gasteiger partial charge on any atom is 0.338 e. The Morgan fingerprint density at radius 2 is 1.91 bits per heavy atom. The number of thiazole rings is 1. The average Bonchev–Trinajstić information content (AvgIpc) is 3.29. The van der Waals surface area contributed by atoms with Crippen molar-refractivity contribution in [3.8, 4) is 17.0 Å². The van der Waals surface area contributed by atoms with Gasteiger partial charge in [-0.15, -0.1) is 0 Å². The Labute approximate surface area is 264 Å². The Morgan fingerprint density at radius 1 is 1.16 bits per heavy atom. The number of esters is 1. The van der Waals surface area contributed by atoms with Crippen LogP contribution < -0.4 is 15.0 Å². The largest absolute Gasteiger partial charge is 0.491 e. The molecule has 2 aromatic carbocycles. The number of hydrogen-bond donors (Lipinski definition) is 1. The molecule has 2 aromatic heterocycles. The van der Waals surface area contributed by atoms with Crippen molar-refractivity contribution >= 4 is 55.9 Å². The first-order valence-corrected chi connectivity index (χ1v) is 16.6. The minimum atomic E-state index is -0.370. The van der Waals surface area contributed by atoms with E-state index in [0.717, 1.165) is 83.1 Å². The lowest BCUT2D eigenvalue weighted by atomic mass is 10.0. The molecule has 1 aliphatic heterocycles. The van der Waals surface area contributed by atoms with E-state index in [1.165, 1.54) is 7.11 Å². The topological polar surface area (TPSA) is 89.7 Å². The Hall–Kier alpha value is -2.85. The molecule has 43 heavy (non-hydrogen) atoms. The Bertz CT molecular complexity index is 1630. The van der Waals surface area contributed by atoms with Gasteiger partial charge >= 0.3 is 5.97 Å². The molecule has 4 aromatic rings. The summed E-state index contributed by atoms with van der Waals surface area (Å²) in [5, 5.41) is 10.4. The van der Waals surface area contributed by atoms with Gasteiger partial charge in [-0.3, -0.25) is 0 Å². The summed E-state index contributed by atoms with van der Waals surface area (Å²) in [5.74, 6) is 2.85. The van der Waals surface area contributed by atoms with Crippen molar-refractivity contribution < 1.29 is 18.8 Å². The van der Waals surface area contributed by atoms with E-state index in [2.05, 4.69) is 22.3 Å². The monoisotopic (exact) mass is 640 g/mol. The normalized spacial score (nSPS) is 21.5. The molecule has 3 fully saturated rings. The number of ether oxygens (including phenoxy) is 2. The fraction of sp³-hybridized carbons (Fsp3) is 0.469. The molecule has 2 saturated carbocycles. The number of benzene rings is 2. The number of anilines is 1. The van der Waals surface area contributed by atoms with Gasteiger partial charge in [0.25, 0.3) is 0 Å². The average molecular weight is 642 g/mol. The van der Waals surface area contributed by atoms with Gasteiger partial charge < -0.3 is 24.2 Å². The lowest BCUT2D eigenvalue weighted by molar-refractivity contribution is 0.0600. The minimum Gasteiger partial charge on any atom is -0.491 e. The predicted octanol–water partition coefficient (Wildman–Crippen LogP) is 7.72. The van der Waals surface area contributed by atoms with Crippen LogP contribution in [0.2, 0.25) is 10.0 Å². The van der Waals surface area contributed by atoms with E-state index in [-0.39, 0.29) is 5.97 Å². The van der Waals surface area contributed by atoms with E-state index < -0.39 is 0 Å². The summed E-state index contributed by atoms with van der Waals surface area (Å²) in [7, 11) is 1.40. The maximum atomic E-state index is 12.3. The van der Waals surface area contributed by atoms with Gasteiger partial charge in [-0.2, -0.15) is 0 Å². The highest BCUT2D eigenvalue weighted by Gasteiger charge is 2.42. The number of aromatic nitrogens is 2. The lowest BCUT2D eigenvalue weighted by Crippen LogP contribution is -2.30. The maximum absolute atomic E-state index is 12.3. The number of rotatable bonds is 10. The third kappa shape index (κ3) is 5.61. The second-order valence-corrected chi connectivity index (χ2v) is 13.7. The van der Waals surface area contributed by atoms with E-state index in [1.54, 1.807) is 17.4 Å². The highest BCUT2D eigenvalue weighted by molar-refractivity contribution is 7.22. The van der Waals surface area contributed by atoms with Crippen molar-refractivity contribution in [1.29, 1.82) is 0 Å². The van der Waals surface area contributed by atoms with Crippen molar-refractivity contribution in [3.05, 3.63) is 57.3 Å². The van der Waals surface area contributed by atoms with Crippen molar-refractivity contribution in [2.75, 3.05) is 31.7 Å². The summed E-state index contributed by atoms with van der Waals surface area (Å²) in [6.45, 7) is 5.25. The van der Waals surface area contributed by atoms with E-state index in [0.29, 0.717) is 58.3 Å². The Kier molecular flexibility index (Phi) is 8.01. The third-order valence-electron chi connectivity index (χ3n) is 8.89. The molecule has 3 heterocycles. The summed E-state index contributed by atoms with van der Waals surface area (Å²) in [5.41, 5.74) is 3.88. The standard InChI is InChI=1S/C32H34Cl2N4O4S/c1-3-9-41-25-12-18(31(39)40-2)13-26-29(25)36-32(43-26)38-15-19-10-21(11-20(19)16-38)35-14-22-28(37-42-30(22)17-7-8-17)27-23(33)5-4-6-24(27)34/h4-6,12-13,17,19-21,35H,3,7-11,14-16H2,1-2H3/t19-,20+,21-. The summed E-state index contributed by atoms with van der Waals surface area (Å²) >= 11 is 14.7. The molecule has 2 aliphatic carbocycles. The van der Waals surface area contributed by atoms with Crippen LogP contribution in [0.1, 0.15) is 66.6 Å². The molecule has 3 atom stereocenters. The first kappa shape index (κ1) is 28.9. The molecule has 7 rings (SSSR count). The van der Waals surface area contributed by atoms with Crippen LogP contribution in [0, 0.1) is 11.8 Å². The summed E-state index contributed by atoms with van der Waals surface area (Å²) in [6.07, 6.45) is 5.34. The zero-order valence-electron chi connectivity index (χ0n) is 24.2. The minimum absolute atomic E-state index is 0.370. The number of carbonyl (C=O) groups is 1. The van der Waals surface area contributed by atoms with Crippen LogP contribution in [0.15, 0.2) is 34.9 Å². The highest BCUT2D eigenvalue weighted by Crippen LogP contribution is 2.47. The van der Waals surface area contributed by atoms with Crippen molar-refractivity contribution in [2.24, 2.45) is 11.8 Å². The smallest absolute Gasteiger partial charge is 0.338 e. The van der Waals surface area contributed by atoms with Gasteiger partial charge in [0.15, 0.2) is 5.13 Å². The van der Waals surface area contributed by atoms with Gasteiger partial charge in [-0.05, 0) is 68.2 Å². The van der Waals surface area contributed by atoms with Crippen LogP contribution in [-0.4, -0.2) is 49.0 Å². The fourth-order valence-corrected chi connectivity index (χ4v) is 8.25. The predicted molar refractivity (Wildman–Crippen MR) is 170 cm³/mol.